The number of aromatic hydroxyl groups is 1. The quantitative estimate of drug-likeness (QED) is 0.824. The molecule has 2 aromatic carbocycles. The molecule has 0 aliphatic heterocycles. The highest BCUT2D eigenvalue weighted by molar-refractivity contribution is 6.30. The monoisotopic (exact) mass is 319 g/mol. The molecular formula is C16H14ClNO4. The molecule has 0 bridgehead atoms. The highest BCUT2D eigenvalue weighted by atomic mass is 35.5. The van der Waals surface area contributed by atoms with Crippen molar-refractivity contribution in [2.75, 3.05) is 0 Å². The molecule has 2 N–H and O–H groups in total. The van der Waals surface area contributed by atoms with Gasteiger partial charge in [-0.15, -0.1) is 0 Å². The van der Waals surface area contributed by atoms with Gasteiger partial charge in [-0.25, -0.2) is 4.79 Å². The number of aliphatic imine (C=N–C) groups is 1. The predicted octanol–water partition coefficient (Wildman–Crippen LogP) is 3.65. The number of rotatable bonds is 5. The predicted molar refractivity (Wildman–Crippen MR) is 84.5 cm³/mol. The number of aliphatic carboxylic acids is 1. The zero-order valence-corrected chi connectivity index (χ0v) is 12.5. The maximum absolute atomic E-state index is 10.7. The first-order valence-electron chi connectivity index (χ1n) is 6.48. The lowest BCUT2D eigenvalue weighted by Gasteiger charge is -2.09. The van der Waals surface area contributed by atoms with Crippen molar-refractivity contribution in [3.63, 3.8) is 0 Å². The highest BCUT2D eigenvalue weighted by Crippen LogP contribution is 2.29. The van der Waals surface area contributed by atoms with Crippen LogP contribution in [0.2, 0.25) is 5.02 Å². The number of carbonyl (C=O) groups is 1. The Morgan fingerprint density at radius 3 is 2.55 bits per heavy atom. The Morgan fingerprint density at radius 2 is 1.95 bits per heavy atom. The van der Waals surface area contributed by atoms with Gasteiger partial charge in [0.1, 0.15) is 17.2 Å². The van der Waals surface area contributed by atoms with Crippen LogP contribution in [0.1, 0.15) is 12.5 Å². The van der Waals surface area contributed by atoms with E-state index in [1.54, 1.807) is 42.6 Å². The maximum atomic E-state index is 10.7. The molecular weight excluding hydrogens is 306 g/mol. The molecule has 5 nitrogen and oxygen atoms in total. The SMILES string of the molecule is C[C@H](Oc1ccc(C=Nc2ccc(Cl)cc2O)cc1)C(=O)O. The van der Waals surface area contributed by atoms with E-state index in [9.17, 15) is 9.90 Å². The molecule has 0 radical (unpaired) electrons. The van der Waals surface area contributed by atoms with Crippen LogP contribution >= 0.6 is 11.6 Å². The van der Waals surface area contributed by atoms with Gasteiger partial charge in [-0.1, -0.05) is 11.6 Å². The van der Waals surface area contributed by atoms with Gasteiger partial charge in [-0.2, -0.15) is 0 Å². The molecule has 1 atom stereocenters. The van der Waals surface area contributed by atoms with Gasteiger partial charge < -0.3 is 14.9 Å². The Kier molecular flexibility index (Phi) is 5.01. The lowest BCUT2D eigenvalue weighted by Crippen LogP contribution is -2.22. The largest absolute Gasteiger partial charge is 0.506 e. The molecule has 0 aromatic heterocycles. The van der Waals surface area contributed by atoms with Crippen LogP contribution in [0.25, 0.3) is 0 Å². The summed E-state index contributed by atoms with van der Waals surface area (Å²) < 4.78 is 5.23. The van der Waals surface area contributed by atoms with E-state index in [1.165, 1.54) is 13.0 Å². The second-order valence-electron chi connectivity index (χ2n) is 4.56. The third kappa shape index (κ3) is 4.23. The van der Waals surface area contributed by atoms with Crippen molar-refractivity contribution in [2.24, 2.45) is 4.99 Å². The van der Waals surface area contributed by atoms with Gasteiger partial charge in [-0.3, -0.25) is 4.99 Å². The van der Waals surface area contributed by atoms with Crippen LogP contribution in [0.15, 0.2) is 47.5 Å². The fraction of sp³-hybridized carbons (Fsp3) is 0.125. The van der Waals surface area contributed by atoms with Crippen molar-refractivity contribution in [3.05, 3.63) is 53.1 Å². The summed E-state index contributed by atoms with van der Waals surface area (Å²) in [5.41, 5.74) is 1.19. The lowest BCUT2D eigenvalue weighted by atomic mass is 10.2. The lowest BCUT2D eigenvalue weighted by molar-refractivity contribution is -0.144. The van der Waals surface area contributed by atoms with Crippen molar-refractivity contribution in [2.45, 2.75) is 13.0 Å². The summed E-state index contributed by atoms with van der Waals surface area (Å²) in [7, 11) is 0. The fourth-order valence-electron chi connectivity index (χ4n) is 1.64. The molecule has 2 aromatic rings. The number of halogens is 1. The molecule has 22 heavy (non-hydrogen) atoms. The molecule has 0 saturated carbocycles. The molecule has 0 spiro atoms. The Morgan fingerprint density at radius 1 is 1.27 bits per heavy atom. The van der Waals surface area contributed by atoms with E-state index in [2.05, 4.69) is 4.99 Å². The second-order valence-corrected chi connectivity index (χ2v) is 5.00. The average molecular weight is 320 g/mol. The zero-order chi connectivity index (χ0) is 16.1. The number of hydrogen-bond donors (Lipinski definition) is 2. The molecule has 2 rings (SSSR count). The second kappa shape index (κ2) is 6.95. The number of carboxylic acids is 1. The molecule has 6 heteroatoms. The van der Waals surface area contributed by atoms with Crippen molar-refractivity contribution in [1.29, 1.82) is 0 Å². The fourth-order valence-corrected chi connectivity index (χ4v) is 1.80. The number of benzene rings is 2. The van der Waals surface area contributed by atoms with E-state index < -0.39 is 12.1 Å². The van der Waals surface area contributed by atoms with Crippen LogP contribution in [0.5, 0.6) is 11.5 Å². The Bertz CT molecular complexity index is 698. The number of phenols is 1. The van der Waals surface area contributed by atoms with Crippen LogP contribution in [-0.2, 0) is 4.79 Å². The van der Waals surface area contributed by atoms with Gasteiger partial charge in [0.25, 0.3) is 0 Å². The zero-order valence-electron chi connectivity index (χ0n) is 11.7. The standard InChI is InChI=1S/C16H14ClNO4/c1-10(16(20)21)22-13-5-2-11(3-6-13)9-18-14-7-4-12(17)8-15(14)19/h2-10,19H,1H3,(H,20,21)/t10-/m0/s1. The summed E-state index contributed by atoms with van der Waals surface area (Å²) in [5, 5.41) is 18.9. The average Bonchev–Trinajstić information content (AvgIpc) is 2.47. The van der Waals surface area contributed by atoms with Gasteiger partial charge in [0.05, 0.1) is 0 Å². The van der Waals surface area contributed by atoms with E-state index in [0.717, 1.165) is 5.56 Å². The Hall–Kier alpha value is -2.53. The number of carboxylic acid groups (broad SMARTS) is 1. The third-order valence-electron chi connectivity index (χ3n) is 2.83. The van der Waals surface area contributed by atoms with Crippen LogP contribution in [0.3, 0.4) is 0 Å². The topological polar surface area (TPSA) is 79.1 Å². The van der Waals surface area contributed by atoms with Gasteiger partial charge in [0.2, 0.25) is 0 Å². The van der Waals surface area contributed by atoms with Crippen LogP contribution in [0.4, 0.5) is 5.69 Å². The first kappa shape index (κ1) is 15.9. The minimum atomic E-state index is -1.02. The van der Waals surface area contributed by atoms with Crippen LogP contribution < -0.4 is 4.74 Å². The minimum absolute atomic E-state index is 0.000938. The first-order valence-corrected chi connectivity index (χ1v) is 6.85. The smallest absolute Gasteiger partial charge is 0.344 e. The van der Waals surface area contributed by atoms with E-state index in [4.69, 9.17) is 21.4 Å². The van der Waals surface area contributed by atoms with Crippen molar-refractivity contribution in [3.8, 4) is 11.5 Å². The van der Waals surface area contributed by atoms with Gasteiger partial charge in [0, 0.05) is 17.3 Å². The highest BCUT2D eigenvalue weighted by Gasteiger charge is 2.11. The van der Waals surface area contributed by atoms with Crippen LogP contribution in [-0.4, -0.2) is 28.5 Å². The van der Waals surface area contributed by atoms with Gasteiger partial charge in [0.15, 0.2) is 6.10 Å². The Balaban J connectivity index is 2.07. The number of nitrogens with zero attached hydrogens (tertiary/aromatic N) is 1. The number of hydrogen-bond acceptors (Lipinski definition) is 4. The molecule has 0 heterocycles. The van der Waals surface area contributed by atoms with Crippen molar-refractivity contribution < 1.29 is 19.7 Å². The van der Waals surface area contributed by atoms with E-state index in [-0.39, 0.29) is 5.75 Å². The number of phenolic OH excluding ortho intramolecular Hbond substituents is 1. The van der Waals surface area contributed by atoms with E-state index in [1.807, 2.05) is 0 Å². The van der Waals surface area contributed by atoms with Gasteiger partial charge in [-0.05, 0) is 48.9 Å². The summed E-state index contributed by atoms with van der Waals surface area (Å²) in [5.74, 6) is -0.566. The molecule has 0 saturated heterocycles. The molecule has 0 aliphatic rings. The molecule has 0 amide bonds. The van der Waals surface area contributed by atoms with Crippen molar-refractivity contribution >= 4 is 29.5 Å². The summed E-state index contributed by atoms with van der Waals surface area (Å²) in [6, 6.07) is 11.4. The minimum Gasteiger partial charge on any atom is -0.506 e. The first-order chi connectivity index (χ1) is 10.5. The van der Waals surface area contributed by atoms with Crippen LogP contribution in [0, 0.1) is 0 Å². The molecule has 0 unspecified atom stereocenters. The summed E-state index contributed by atoms with van der Waals surface area (Å²) in [6.45, 7) is 1.46. The van der Waals surface area contributed by atoms with Gasteiger partial charge >= 0.3 is 5.97 Å². The molecule has 114 valence electrons. The number of ether oxygens (including phenoxy) is 1. The Labute approximate surface area is 132 Å². The maximum Gasteiger partial charge on any atom is 0.344 e. The van der Waals surface area contributed by atoms with E-state index in [0.29, 0.717) is 16.5 Å². The molecule has 0 aliphatic carbocycles. The summed E-state index contributed by atoms with van der Waals surface area (Å²) >= 11 is 5.75. The third-order valence-corrected chi connectivity index (χ3v) is 3.07. The summed E-state index contributed by atoms with van der Waals surface area (Å²) in [6.07, 6.45) is 0.665. The molecule has 0 fully saturated rings. The summed E-state index contributed by atoms with van der Waals surface area (Å²) in [4.78, 5) is 14.9. The van der Waals surface area contributed by atoms with E-state index >= 15 is 0 Å². The normalized spacial score (nSPS) is 12.3. The van der Waals surface area contributed by atoms with Crippen molar-refractivity contribution in [1.82, 2.24) is 0 Å².